The summed E-state index contributed by atoms with van der Waals surface area (Å²) in [6, 6.07) is 11.1. The summed E-state index contributed by atoms with van der Waals surface area (Å²) in [6.07, 6.45) is 4.42. The smallest absolute Gasteiger partial charge is 0.355 e. The van der Waals surface area contributed by atoms with Crippen LogP contribution in [-0.2, 0) is 6.54 Å². The van der Waals surface area contributed by atoms with E-state index < -0.39 is 0 Å². The number of imidazole rings is 1. The molecule has 0 saturated heterocycles. The fourth-order valence-electron chi connectivity index (χ4n) is 4.14. The Kier molecular flexibility index (Phi) is 2.13. The average Bonchev–Trinajstić information content (AvgIpc) is 3.16. The Morgan fingerprint density at radius 2 is 1.86 bits per heavy atom. The van der Waals surface area contributed by atoms with Crippen molar-refractivity contribution in [2.45, 2.75) is 20.4 Å². The predicted molar refractivity (Wildman–Crippen MR) is 88.0 cm³/mol. The summed E-state index contributed by atoms with van der Waals surface area (Å²) in [6.45, 7) is 5.35. The van der Waals surface area contributed by atoms with Crippen molar-refractivity contribution in [2.75, 3.05) is 11.9 Å². The molecule has 108 valence electrons. The maximum atomic E-state index is 2.41. The first-order chi connectivity index (χ1) is 10.7. The SMILES string of the molecule is Cc1ccc(C)n1B1N(C)c2cccc3c2-c2n(cc[n+]21)C3. The molecule has 5 rings (SSSR count). The van der Waals surface area contributed by atoms with E-state index in [9.17, 15) is 0 Å². The van der Waals surface area contributed by atoms with Crippen molar-refractivity contribution in [3.8, 4) is 11.4 Å². The van der Waals surface area contributed by atoms with Crippen LogP contribution < -0.4 is 9.29 Å². The molecule has 0 fully saturated rings. The van der Waals surface area contributed by atoms with Crippen LogP contribution in [0, 0.1) is 13.8 Å². The molecule has 0 amide bonds. The zero-order valence-corrected chi connectivity index (χ0v) is 13.1. The lowest BCUT2D eigenvalue weighted by atomic mass is 9.82. The first-order valence-electron chi connectivity index (χ1n) is 7.76. The fourth-order valence-corrected chi connectivity index (χ4v) is 4.14. The average molecular weight is 289 g/mol. The van der Waals surface area contributed by atoms with Gasteiger partial charge in [-0.1, -0.05) is 12.1 Å². The van der Waals surface area contributed by atoms with Crippen molar-refractivity contribution in [3.05, 3.63) is 59.7 Å². The van der Waals surface area contributed by atoms with Crippen LogP contribution in [0.3, 0.4) is 0 Å². The van der Waals surface area contributed by atoms with Crippen LogP contribution in [0.25, 0.3) is 11.4 Å². The number of aryl methyl sites for hydroxylation is 2. The van der Waals surface area contributed by atoms with Crippen LogP contribution in [0.15, 0.2) is 42.7 Å². The summed E-state index contributed by atoms with van der Waals surface area (Å²) in [5.74, 6) is 1.33. The third-order valence-electron chi connectivity index (χ3n) is 5.15. The molecule has 0 radical (unpaired) electrons. The second-order valence-corrected chi connectivity index (χ2v) is 6.41. The largest absolute Gasteiger partial charge is 0.637 e. The van der Waals surface area contributed by atoms with Gasteiger partial charge in [0.1, 0.15) is 18.9 Å². The third-order valence-corrected chi connectivity index (χ3v) is 5.15. The summed E-state index contributed by atoms with van der Waals surface area (Å²) in [5.41, 5.74) is 6.73. The summed E-state index contributed by atoms with van der Waals surface area (Å²) in [4.78, 5) is 2.39. The van der Waals surface area contributed by atoms with Crippen molar-refractivity contribution >= 4 is 12.8 Å². The Hall–Kier alpha value is -2.43. The van der Waals surface area contributed by atoms with Crippen molar-refractivity contribution < 1.29 is 4.48 Å². The van der Waals surface area contributed by atoms with Crippen LogP contribution in [0.1, 0.15) is 17.0 Å². The molecule has 3 aromatic rings. The number of anilines is 1. The summed E-state index contributed by atoms with van der Waals surface area (Å²) in [5, 5.41) is 0. The van der Waals surface area contributed by atoms with E-state index in [0.717, 1.165) is 6.54 Å². The topological polar surface area (TPSA) is 17.0 Å². The minimum Gasteiger partial charge on any atom is -0.355 e. The highest BCUT2D eigenvalue weighted by atomic mass is 15.3. The van der Waals surface area contributed by atoms with E-state index in [2.05, 4.69) is 82.0 Å². The fraction of sp³-hybridized carbons (Fsp3) is 0.235. The van der Waals surface area contributed by atoms with E-state index in [4.69, 9.17) is 0 Å². The summed E-state index contributed by atoms with van der Waals surface area (Å²) in [7, 11) is 2.36. The molecule has 2 aliphatic heterocycles. The molecule has 0 unspecified atom stereocenters. The van der Waals surface area contributed by atoms with Crippen LogP contribution in [0.2, 0.25) is 0 Å². The Morgan fingerprint density at radius 1 is 1.09 bits per heavy atom. The molecule has 0 N–H and O–H groups in total. The van der Waals surface area contributed by atoms with Gasteiger partial charge in [0.2, 0.25) is 0 Å². The quantitative estimate of drug-likeness (QED) is 0.490. The lowest BCUT2D eigenvalue weighted by molar-refractivity contribution is -0.528. The van der Waals surface area contributed by atoms with E-state index in [0.29, 0.717) is 0 Å². The zero-order valence-electron chi connectivity index (χ0n) is 13.1. The molecule has 4 heterocycles. The molecule has 22 heavy (non-hydrogen) atoms. The number of hydrogen-bond donors (Lipinski definition) is 0. The standard InChI is InChI=1S/C17H18BN4/c1-12-7-8-13(2)22(12)18-19(3)15-6-4-5-14-11-20-9-10-21(18)17(20)16(14)15/h4-10H,11H2,1-3H3/q+1. The highest BCUT2D eigenvalue weighted by Gasteiger charge is 2.47. The first kappa shape index (κ1) is 12.2. The van der Waals surface area contributed by atoms with Crippen molar-refractivity contribution in [1.29, 1.82) is 0 Å². The number of rotatable bonds is 1. The van der Waals surface area contributed by atoms with Gasteiger partial charge in [0.15, 0.2) is 0 Å². The molecule has 2 aromatic heterocycles. The Bertz CT molecular complexity index is 901. The molecule has 0 aliphatic carbocycles. The van der Waals surface area contributed by atoms with Gasteiger partial charge < -0.3 is 9.29 Å². The Morgan fingerprint density at radius 3 is 2.64 bits per heavy atom. The second-order valence-electron chi connectivity index (χ2n) is 6.41. The van der Waals surface area contributed by atoms with Crippen LogP contribution in [0.4, 0.5) is 5.69 Å². The number of aromatic nitrogens is 3. The van der Waals surface area contributed by atoms with Crippen LogP contribution in [0.5, 0.6) is 0 Å². The monoisotopic (exact) mass is 289 g/mol. The molecule has 5 heteroatoms. The first-order valence-corrected chi connectivity index (χ1v) is 7.76. The van der Waals surface area contributed by atoms with Gasteiger partial charge in [0.25, 0.3) is 5.82 Å². The summed E-state index contributed by atoms with van der Waals surface area (Å²) >= 11 is 0. The normalized spacial score (nSPS) is 14.7. The number of hydrogen-bond acceptors (Lipinski definition) is 1. The van der Waals surface area contributed by atoms with Gasteiger partial charge in [-0.15, -0.1) is 0 Å². The van der Waals surface area contributed by atoms with Gasteiger partial charge >= 0.3 is 7.12 Å². The highest BCUT2D eigenvalue weighted by Crippen LogP contribution is 2.40. The van der Waals surface area contributed by atoms with Gasteiger partial charge in [-0.05, 0) is 39.1 Å². The maximum Gasteiger partial charge on any atom is 0.637 e. The van der Waals surface area contributed by atoms with E-state index in [1.807, 2.05) is 0 Å². The predicted octanol–water partition coefficient (Wildman–Crippen LogP) is 2.05. The lowest BCUT2D eigenvalue weighted by Gasteiger charge is -2.30. The molecular weight excluding hydrogens is 271 g/mol. The van der Waals surface area contributed by atoms with Crippen LogP contribution in [-0.4, -0.2) is 23.2 Å². The Labute approximate surface area is 130 Å². The van der Waals surface area contributed by atoms with E-state index in [-0.39, 0.29) is 7.12 Å². The molecule has 0 bridgehead atoms. The molecule has 0 spiro atoms. The van der Waals surface area contributed by atoms with Gasteiger partial charge in [0, 0.05) is 22.6 Å². The third kappa shape index (κ3) is 1.27. The summed E-state index contributed by atoms with van der Waals surface area (Å²) < 4.78 is 7.18. The molecule has 2 aliphatic rings. The molecule has 0 saturated carbocycles. The van der Waals surface area contributed by atoms with Crippen molar-refractivity contribution in [3.63, 3.8) is 0 Å². The van der Waals surface area contributed by atoms with E-state index in [1.165, 1.54) is 34.0 Å². The van der Waals surface area contributed by atoms with Gasteiger partial charge in [-0.3, -0.25) is 4.48 Å². The molecule has 1 aromatic carbocycles. The molecular formula is C17H18BN4+. The second kappa shape index (κ2) is 3.86. The molecule has 4 nitrogen and oxygen atoms in total. The minimum absolute atomic E-state index is 0.159. The van der Waals surface area contributed by atoms with Crippen molar-refractivity contribution in [1.82, 2.24) is 9.05 Å². The minimum atomic E-state index is 0.159. The van der Waals surface area contributed by atoms with Gasteiger partial charge in [-0.25, -0.2) is 4.57 Å². The zero-order chi connectivity index (χ0) is 15.0. The van der Waals surface area contributed by atoms with Gasteiger partial charge in [0.05, 0.1) is 5.56 Å². The van der Waals surface area contributed by atoms with Crippen LogP contribution >= 0.6 is 0 Å². The number of benzene rings is 1. The molecule has 0 atom stereocenters. The van der Waals surface area contributed by atoms with E-state index >= 15 is 0 Å². The van der Waals surface area contributed by atoms with Gasteiger partial charge in [-0.2, -0.15) is 0 Å². The lowest BCUT2D eigenvalue weighted by Crippen LogP contribution is -2.68. The van der Waals surface area contributed by atoms with Crippen molar-refractivity contribution in [2.24, 2.45) is 0 Å². The maximum absolute atomic E-state index is 2.41. The number of nitrogens with zero attached hydrogens (tertiary/aromatic N) is 4. The Balaban J connectivity index is 1.85. The highest BCUT2D eigenvalue weighted by molar-refractivity contribution is 6.54. The van der Waals surface area contributed by atoms with E-state index in [1.54, 1.807) is 0 Å².